The molecule has 0 atom stereocenters. The third kappa shape index (κ3) is 4.17. The second-order valence-corrected chi connectivity index (χ2v) is 6.69. The third-order valence-corrected chi connectivity index (χ3v) is 5.01. The van der Waals surface area contributed by atoms with Crippen molar-refractivity contribution in [3.8, 4) is 5.75 Å². The van der Waals surface area contributed by atoms with Gasteiger partial charge in [0.05, 0.1) is 14.2 Å². The molecule has 2 aromatic rings. The van der Waals surface area contributed by atoms with E-state index in [0.717, 1.165) is 31.1 Å². The van der Waals surface area contributed by atoms with Crippen molar-refractivity contribution in [2.45, 2.75) is 24.9 Å². The van der Waals surface area contributed by atoms with Gasteiger partial charge in [-0.1, -0.05) is 30.3 Å². The Morgan fingerprint density at radius 3 is 2.27 bits per heavy atom. The number of nitrogens with zero attached hydrogens (tertiary/aromatic N) is 1. The number of likely N-dealkylation sites (tertiary alicyclic amines) is 1. The molecule has 0 unspecified atom stereocenters. The number of carbonyl (C=O) groups excluding carboxylic acids is 1. The van der Waals surface area contributed by atoms with Crippen molar-refractivity contribution in [1.82, 2.24) is 4.90 Å². The van der Waals surface area contributed by atoms with E-state index in [1.165, 1.54) is 12.7 Å². The molecule has 1 fully saturated rings. The molecule has 5 nitrogen and oxygen atoms in total. The highest BCUT2D eigenvalue weighted by atomic mass is 16.5. The van der Waals surface area contributed by atoms with Crippen LogP contribution in [0, 0.1) is 0 Å². The Hall–Kier alpha value is -2.53. The van der Waals surface area contributed by atoms with E-state index >= 15 is 0 Å². The quantitative estimate of drug-likeness (QED) is 0.807. The van der Waals surface area contributed by atoms with Crippen LogP contribution in [0.1, 0.15) is 18.4 Å². The molecule has 1 aliphatic rings. The minimum absolute atomic E-state index is 0.201. The molecule has 1 N–H and O–H groups in total. The molecular formula is C21H26N2O3. The maximum atomic E-state index is 12.6. The van der Waals surface area contributed by atoms with Crippen LogP contribution in [0.25, 0.3) is 0 Å². The SMILES string of the molecule is COC(=O)C1(Nc2ccc(OC)cc2)CCN(Cc2ccccc2)CC1. The van der Waals surface area contributed by atoms with Crippen molar-refractivity contribution in [1.29, 1.82) is 0 Å². The molecule has 1 saturated heterocycles. The number of anilines is 1. The minimum atomic E-state index is -0.684. The van der Waals surface area contributed by atoms with Gasteiger partial charge in [-0.15, -0.1) is 0 Å². The standard InChI is InChI=1S/C21H26N2O3/c1-25-19-10-8-18(9-11-19)22-21(20(24)26-2)12-14-23(15-13-21)16-17-6-4-3-5-7-17/h3-11,22H,12-16H2,1-2H3. The fourth-order valence-corrected chi connectivity index (χ4v) is 3.46. The van der Waals surface area contributed by atoms with Gasteiger partial charge < -0.3 is 14.8 Å². The summed E-state index contributed by atoms with van der Waals surface area (Å²) in [6.45, 7) is 2.58. The van der Waals surface area contributed by atoms with Crippen LogP contribution >= 0.6 is 0 Å². The van der Waals surface area contributed by atoms with Gasteiger partial charge >= 0.3 is 5.97 Å². The lowest BCUT2D eigenvalue weighted by Crippen LogP contribution is -2.54. The Morgan fingerprint density at radius 2 is 1.69 bits per heavy atom. The first-order valence-corrected chi connectivity index (χ1v) is 8.92. The molecule has 0 amide bonds. The van der Waals surface area contributed by atoms with Gasteiger partial charge in [-0.05, 0) is 42.7 Å². The summed E-state index contributed by atoms with van der Waals surface area (Å²) < 4.78 is 10.3. The summed E-state index contributed by atoms with van der Waals surface area (Å²) in [6, 6.07) is 18.1. The molecule has 0 saturated carbocycles. The van der Waals surface area contributed by atoms with E-state index in [4.69, 9.17) is 9.47 Å². The predicted octanol–water partition coefficient (Wildman–Crippen LogP) is 3.31. The van der Waals surface area contributed by atoms with Crippen molar-refractivity contribution in [3.05, 3.63) is 60.2 Å². The van der Waals surface area contributed by atoms with Gasteiger partial charge in [0.15, 0.2) is 0 Å². The first kappa shape index (κ1) is 18.3. The molecule has 26 heavy (non-hydrogen) atoms. The summed E-state index contributed by atoms with van der Waals surface area (Å²) >= 11 is 0. The number of hydrogen-bond acceptors (Lipinski definition) is 5. The van der Waals surface area contributed by atoms with E-state index in [0.29, 0.717) is 12.8 Å². The molecule has 1 aliphatic heterocycles. The minimum Gasteiger partial charge on any atom is -0.497 e. The number of rotatable bonds is 6. The predicted molar refractivity (Wildman–Crippen MR) is 102 cm³/mol. The van der Waals surface area contributed by atoms with Gasteiger partial charge in [0.1, 0.15) is 11.3 Å². The zero-order chi connectivity index (χ0) is 18.4. The molecule has 3 rings (SSSR count). The molecule has 0 aliphatic carbocycles. The molecular weight excluding hydrogens is 328 g/mol. The summed E-state index contributed by atoms with van der Waals surface area (Å²) in [5, 5.41) is 3.42. The van der Waals surface area contributed by atoms with E-state index in [9.17, 15) is 4.79 Å². The van der Waals surface area contributed by atoms with Crippen LogP contribution < -0.4 is 10.1 Å². The smallest absolute Gasteiger partial charge is 0.331 e. The highest BCUT2D eigenvalue weighted by Gasteiger charge is 2.42. The fraction of sp³-hybridized carbons (Fsp3) is 0.381. The van der Waals surface area contributed by atoms with Crippen molar-refractivity contribution in [2.75, 3.05) is 32.6 Å². The van der Waals surface area contributed by atoms with Gasteiger partial charge in [0, 0.05) is 25.3 Å². The fourth-order valence-electron chi connectivity index (χ4n) is 3.46. The summed E-state index contributed by atoms with van der Waals surface area (Å²) in [5.41, 5.74) is 1.50. The first-order chi connectivity index (χ1) is 12.6. The normalized spacial score (nSPS) is 16.7. The Balaban J connectivity index is 1.68. The number of piperidine rings is 1. The second-order valence-electron chi connectivity index (χ2n) is 6.69. The highest BCUT2D eigenvalue weighted by molar-refractivity contribution is 5.84. The molecule has 5 heteroatoms. The Kier molecular flexibility index (Phi) is 5.78. The number of methoxy groups -OCH3 is 2. The van der Waals surface area contributed by atoms with E-state index in [1.54, 1.807) is 7.11 Å². The molecule has 0 radical (unpaired) electrons. The number of nitrogens with one attached hydrogen (secondary N) is 1. The lowest BCUT2D eigenvalue weighted by Gasteiger charge is -2.40. The van der Waals surface area contributed by atoms with E-state index in [1.807, 2.05) is 30.3 Å². The average Bonchev–Trinajstić information content (AvgIpc) is 2.70. The topological polar surface area (TPSA) is 50.8 Å². The average molecular weight is 354 g/mol. The summed E-state index contributed by atoms with van der Waals surface area (Å²) in [6.07, 6.45) is 1.41. The lowest BCUT2D eigenvalue weighted by atomic mass is 9.86. The van der Waals surface area contributed by atoms with Gasteiger partial charge in [-0.3, -0.25) is 4.90 Å². The van der Waals surface area contributed by atoms with E-state index in [2.05, 4.69) is 34.5 Å². The van der Waals surface area contributed by atoms with Gasteiger partial charge in [-0.25, -0.2) is 4.79 Å². The van der Waals surface area contributed by atoms with Crippen molar-refractivity contribution in [3.63, 3.8) is 0 Å². The molecule has 1 heterocycles. The largest absolute Gasteiger partial charge is 0.497 e. The van der Waals surface area contributed by atoms with Gasteiger partial charge in [0.25, 0.3) is 0 Å². The van der Waals surface area contributed by atoms with Crippen molar-refractivity contribution >= 4 is 11.7 Å². The van der Waals surface area contributed by atoms with Crippen LogP contribution in [0.2, 0.25) is 0 Å². The molecule has 0 bridgehead atoms. The maximum Gasteiger partial charge on any atom is 0.331 e. The van der Waals surface area contributed by atoms with E-state index < -0.39 is 5.54 Å². The molecule has 138 valence electrons. The number of esters is 1. The number of ether oxygens (including phenoxy) is 2. The van der Waals surface area contributed by atoms with Gasteiger partial charge in [-0.2, -0.15) is 0 Å². The second kappa shape index (κ2) is 8.23. The van der Waals surface area contributed by atoms with Crippen LogP contribution in [0.4, 0.5) is 5.69 Å². The highest BCUT2D eigenvalue weighted by Crippen LogP contribution is 2.30. The van der Waals surface area contributed by atoms with Crippen LogP contribution in [0.15, 0.2) is 54.6 Å². The van der Waals surface area contributed by atoms with Gasteiger partial charge in [0.2, 0.25) is 0 Å². The lowest BCUT2D eigenvalue weighted by molar-refractivity contribution is -0.147. The summed E-state index contributed by atoms with van der Waals surface area (Å²) in [4.78, 5) is 14.9. The molecule has 0 spiro atoms. The Morgan fingerprint density at radius 1 is 1.04 bits per heavy atom. The van der Waals surface area contributed by atoms with Crippen LogP contribution in [0.5, 0.6) is 5.75 Å². The van der Waals surface area contributed by atoms with Crippen LogP contribution in [-0.4, -0.2) is 43.7 Å². The third-order valence-electron chi connectivity index (χ3n) is 5.01. The number of carbonyl (C=O) groups is 1. The zero-order valence-electron chi connectivity index (χ0n) is 15.4. The molecule has 2 aromatic carbocycles. The molecule has 0 aromatic heterocycles. The maximum absolute atomic E-state index is 12.6. The Bertz CT molecular complexity index is 708. The summed E-state index contributed by atoms with van der Waals surface area (Å²) in [5.74, 6) is 0.591. The zero-order valence-corrected chi connectivity index (χ0v) is 15.4. The van der Waals surface area contributed by atoms with Crippen LogP contribution in [0.3, 0.4) is 0 Å². The Labute approximate surface area is 154 Å². The van der Waals surface area contributed by atoms with Crippen molar-refractivity contribution < 1.29 is 14.3 Å². The number of benzene rings is 2. The monoisotopic (exact) mass is 354 g/mol. The number of hydrogen-bond donors (Lipinski definition) is 1. The summed E-state index contributed by atoms with van der Waals surface area (Å²) in [7, 11) is 3.09. The van der Waals surface area contributed by atoms with E-state index in [-0.39, 0.29) is 5.97 Å². The van der Waals surface area contributed by atoms with Crippen molar-refractivity contribution in [2.24, 2.45) is 0 Å². The first-order valence-electron chi connectivity index (χ1n) is 8.92. The van der Waals surface area contributed by atoms with Crippen LogP contribution in [-0.2, 0) is 16.1 Å².